The Morgan fingerprint density at radius 2 is 1.13 bits per heavy atom. The summed E-state index contributed by atoms with van der Waals surface area (Å²) in [5.74, 6) is 0.586. The summed E-state index contributed by atoms with van der Waals surface area (Å²) >= 11 is 0. The van der Waals surface area contributed by atoms with Gasteiger partial charge in [0.15, 0.2) is 8.38 Å². The number of ether oxygens (including phenoxy) is 4. The maximum Gasteiger partial charge on any atom is 0.336 e. The highest BCUT2D eigenvalue weighted by Gasteiger charge is 2.43. The first-order valence-electron chi connectivity index (χ1n) is 31.5. The molecule has 6 unspecified atom stereocenters. The van der Waals surface area contributed by atoms with Gasteiger partial charge < -0.3 is 61.2 Å². The molecule has 4 heterocycles. The van der Waals surface area contributed by atoms with E-state index in [2.05, 4.69) is 80.6 Å². The predicted molar refractivity (Wildman–Crippen MR) is 346 cm³/mol. The molecule has 20 heteroatoms. The van der Waals surface area contributed by atoms with Crippen LogP contribution >= 0.6 is 16.9 Å². The molecular weight excluding hydrogens is 1120 g/mol. The zero-order chi connectivity index (χ0) is 67.8. The molecule has 6 rings (SSSR count). The van der Waals surface area contributed by atoms with Crippen LogP contribution in [0.1, 0.15) is 197 Å². The lowest BCUT2D eigenvalue weighted by Crippen LogP contribution is -2.38. The molecule has 486 valence electrons. The summed E-state index contributed by atoms with van der Waals surface area (Å²) in [6, 6.07) is 18.9. The molecule has 0 amide bonds. The topological polar surface area (TPSA) is 246 Å². The smallest absolute Gasteiger partial charge is 0.336 e. The van der Waals surface area contributed by atoms with Crippen LogP contribution in [-0.2, 0) is 37.0 Å². The minimum atomic E-state index is -1.49. The molecule has 0 aliphatic carbocycles. The Labute approximate surface area is 522 Å². The van der Waals surface area contributed by atoms with Gasteiger partial charge in [-0.1, -0.05) is 66.8 Å². The lowest BCUT2D eigenvalue weighted by atomic mass is 9.98. The Balaban J connectivity index is 0. The number of hydrogen-bond acceptors (Lipinski definition) is 18. The minimum absolute atomic E-state index is 0. The van der Waals surface area contributed by atoms with Crippen molar-refractivity contribution < 1.29 is 65.3 Å². The van der Waals surface area contributed by atoms with Crippen LogP contribution in [0.15, 0.2) is 67.0 Å². The molecule has 0 saturated carbocycles. The number of fused-ring (bicyclic) bond motifs is 2. The predicted octanol–water partition coefficient (Wildman–Crippen LogP) is 15.0. The molecule has 2 saturated heterocycles. The fourth-order valence-corrected chi connectivity index (χ4v) is 12.3. The van der Waals surface area contributed by atoms with Crippen LogP contribution in [0.3, 0.4) is 0 Å². The molecule has 85 heavy (non-hydrogen) atoms. The van der Waals surface area contributed by atoms with Crippen LogP contribution in [0, 0.1) is 48.3 Å². The van der Waals surface area contributed by atoms with E-state index in [4.69, 9.17) is 59.5 Å². The van der Waals surface area contributed by atoms with Crippen molar-refractivity contribution in [1.29, 1.82) is 14.8 Å². The largest absolute Gasteiger partial charge is 0.423 e. The summed E-state index contributed by atoms with van der Waals surface area (Å²) in [5.41, 5.74) is 2.97. The average Bonchev–Trinajstić information content (AvgIpc) is 1.72. The van der Waals surface area contributed by atoms with Gasteiger partial charge in [-0.15, -0.1) is 0 Å². The third-order valence-corrected chi connectivity index (χ3v) is 16.7. The van der Waals surface area contributed by atoms with Gasteiger partial charge in [-0.25, -0.2) is 14.3 Å². The first-order valence-corrected chi connectivity index (χ1v) is 30.7. The van der Waals surface area contributed by atoms with Crippen molar-refractivity contribution >= 4 is 38.8 Å². The molecule has 2 aromatic heterocycles. The number of benzene rings is 2. The van der Waals surface area contributed by atoms with Gasteiger partial charge >= 0.3 is 11.3 Å². The highest BCUT2D eigenvalue weighted by atomic mass is 31.2. The quantitative estimate of drug-likeness (QED) is 0.0399. The maximum absolute atomic E-state index is 12.3. The summed E-state index contributed by atoms with van der Waals surface area (Å²) in [5, 5.41) is 30.2. The molecule has 2 fully saturated rings. The number of aryl methyl sites for hydroxylation is 2. The molecule has 12 atom stereocenters. The van der Waals surface area contributed by atoms with Crippen molar-refractivity contribution in [3.63, 3.8) is 0 Å². The van der Waals surface area contributed by atoms with Crippen molar-refractivity contribution in [2.45, 2.75) is 244 Å². The van der Waals surface area contributed by atoms with Crippen molar-refractivity contribution in [2.75, 3.05) is 40.7 Å². The monoisotopic (exact) mass is 1240 g/mol. The van der Waals surface area contributed by atoms with E-state index in [1.807, 2.05) is 98.7 Å². The van der Waals surface area contributed by atoms with Crippen molar-refractivity contribution in [3.05, 3.63) is 91.6 Å². The first-order chi connectivity index (χ1) is 41.9. The molecule has 0 bridgehead atoms. The van der Waals surface area contributed by atoms with Crippen molar-refractivity contribution in [2.24, 2.45) is 11.8 Å². The number of aliphatic hydroxyl groups excluding tert-OH is 3. The second-order valence-corrected chi connectivity index (χ2v) is 25.5. The van der Waals surface area contributed by atoms with Gasteiger partial charge in [0.05, 0.1) is 85.7 Å². The molecule has 18 nitrogen and oxygen atoms in total. The van der Waals surface area contributed by atoms with Gasteiger partial charge in [0, 0.05) is 84.8 Å². The Kier molecular flexibility index (Phi) is 35.1. The van der Waals surface area contributed by atoms with E-state index in [0.717, 1.165) is 21.9 Å². The standard InChI is InChI=1S/C27H38NO6P.C22H31N2O4P.C11H22O2.3CH4O.2CH4/c1-8-22(21-15-25(29)32-23-14-17(2)10-11-20(21)23)34-35(13-9-12-28)30-16-24-26(33-27(5,6)7)18(3)19(4)31-24;1-7-20(19-14-22(25)27-21-13-17(6)9-10-18(19)21)28-29(26-12-8-11-23)24(15(2)3)16(4)5;1-7-8(2)12-9(3)10(7)13-11(4,5)6;3*1-2;;/h10-11,14-15,18-19,22,24,26H,8-9,13,16H2,1-7H3;9-10,13-16,20H,7-8,12H2,1-6H3;7-10H,1-6H3;3*2H,1H3;2*1H4/t18?,19-,22?,24+,26+,35?;;7?,8-,9+,10+;;;;;/m0.0...../s1/i2*1D;3D;3*2T;;. The Bertz CT molecular complexity index is 2800. The second kappa shape index (κ2) is 41.4. The molecule has 2 aliphatic heterocycles. The van der Waals surface area contributed by atoms with E-state index in [9.17, 15) is 14.9 Å². The number of aliphatic hydroxyl groups is 3. The highest BCUT2D eigenvalue weighted by molar-refractivity contribution is 7.47. The van der Waals surface area contributed by atoms with E-state index in [-0.39, 0.29) is 127 Å². The summed E-state index contributed by atoms with van der Waals surface area (Å²) in [4.78, 5) is 24.6. The van der Waals surface area contributed by atoms with Crippen LogP contribution < -0.4 is 11.3 Å². The van der Waals surface area contributed by atoms with Gasteiger partial charge in [-0.3, -0.25) is 0 Å². The van der Waals surface area contributed by atoms with E-state index >= 15 is 0 Å². The number of nitrogens with zero attached hydrogens (tertiary/aromatic N) is 3. The Morgan fingerprint density at radius 3 is 1.56 bits per heavy atom. The molecule has 0 spiro atoms. The summed E-state index contributed by atoms with van der Waals surface area (Å²) < 4.78 is 102. The zero-order valence-electron chi connectivity index (χ0n) is 59.0. The van der Waals surface area contributed by atoms with E-state index in [1.165, 1.54) is 33.5 Å². The van der Waals surface area contributed by atoms with Gasteiger partial charge in [-0.2, -0.15) is 10.5 Å². The zero-order valence-corrected chi connectivity index (χ0v) is 54.8. The van der Waals surface area contributed by atoms with Crippen LogP contribution in [0.5, 0.6) is 0 Å². The number of nitriles is 2. The van der Waals surface area contributed by atoms with Crippen LogP contribution in [0.4, 0.5) is 0 Å². The molecular formula is C65H111N3O15P2. The summed E-state index contributed by atoms with van der Waals surface area (Å²) in [6.07, 6.45) is 0.600. The fourth-order valence-electron chi connectivity index (χ4n) is 9.13. The SMILES string of the molecule is C.C.[2H]CCC(OP(CCC#N)OC[C@H]1O[C@@H](C)C(C)[C@H]1OC(C)(C)C)c1cc(=O)oc2cc(C)ccc12.[2H]CCC(OP(OCCC#N)N(C(C)C)C(C)C)c1cc(=O)oc2cc(C)ccc12.[2H]C[C@H]1O[C@@H](C)C(C)[C@H]1OC(C)(C)C.[3H]OC.[3H]OC.[3H]OC. The fraction of sp³-hybridized carbons (Fsp3) is 0.692. The molecule has 3 N–H and O–H groups in total. The third-order valence-electron chi connectivity index (χ3n) is 13.0. The van der Waals surface area contributed by atoms with Crippen LogP contribution in [-0.4, -0.2) is 125 Å². The maximum atomic E-state index is 12.3. The number of hydrogen-bond donors (Lipinski definition) is 3. The third kappa shape index (κ3) is 27.2. The van der Waals surface area contributed by atoms with Gasteiger partial charge in [0.1, 0.15) is 17.3 Å². The van der Waals surface area contributed by atoms with Crippen LogP contribution in [0.25, 0.3) is 21.9 Å². The van der Waals surface area contributed by atoms with Gasteiger partial charge in [0.2, 0.25) is 4.29 Å². The van der Waals surface area contributed by atoms with Crippen molar-refractivity contribution in [1.82, 2.24) is 4.67 Å². The lowest BCUT2D eigenvalue weighted by Gasteiger charge is -2.37. The molecule has 2 aliphatic rings. The molecule has 0 radical (unpaired) electrons. The Morgan fingerprint density at radius 1 is 0.682 bits per heavy atom. The summed E-state index contributed by atoms with van der Waals surface area (Å²) in [7, 11) is 0.898. The highest BCUT2D eigenvalue weighted by Crippen LogP contribution is 2.51. The second-order valence-electron chi connectivity index (χ2n) is 22.5. The van der Waals surface area contributed by atoms with E-state index in [0.29, 0.717) is 47.2 Å². The van der Waals surface area contributed by atoms with Crippen molar-refractivity contribution in [3.8, 4) is 12.1 Å². The molecule has 4 aromatic rings. The Hall–Kier alpha value is -3.78. The normalized spacial score (nSPS) is 22.2. The van der Waals surface area contributed by atoms with Gasteiger partial charge in [0.25, 0.3) is 8.53 Å². The lowest BCUT2D eigenvalue weighted by molar-refractivity contribution is -0.105. The summed E-state index contributed by atoms with van der Waals surface area (Å²) in [6.45, 7) is 33.8. The average molecular weight is 1250 g/mol. The van der Waals surface area contributed by atoms with Crippen LogP contribution in [0.2, 0.25) is 0 Å². The van der Waals surface area contributed by atoms with E-state index in [1.54, 1.807) is 0 Å². The first kappa shape index (κ1) is 72.0. The van der Waals surface area contributed by atoms with Gasteiger partial charge in [-0.05, 0) is 151 Å². The minimum Gasteiger partial charge on any atom is -0.423 e. The number of rotatable bonds is 21. The van der Waals surface area contributed by atoms with E-state index < -0.39 is 40.4 Å². The molecule has 2 aromatic carbocycles.